The molecule has 2 heterocycles. The number of nitrogens with zero attached hydrogens (tertiary/aromatic N) is 2. The summed E-state index contributed by atoms with van der Waals surface area (Å²) in [6.45, 7) is 8.39. The van der Waals surface area contributed by atoms with Gasteiger partial charge in [0.05, 0.1) is 30.3 Å². The molecule has 0 radical (unpaired) electrons. The number of fused-ring (bicyclic) bond motifs is 1. The molecular weight excluding hydrogens is 554 g/mol. The van der Waals surface area contributed by atoms with Gasteiger partial charge in [0.25, 0.3) is 5.91 Å². The van der Waals surface area contributed by atoms with E-state index in [1.807, 2.05) is 27.7 Å². The second-order valence-corrected chi connectivity index (χ2v) is 12.7. The first kappa shape index (κ1) is 29.5. The van der Waals surface area contributed by atoms with Gasteiger partial charge in [-0.2, -0.15) is 0 Å². The number of thiazole rings is 1. The predicted molar refractivity (Wildman–Crippen MR) is 153 cm³/mol. The number of rotatable bonds is 9. The van der Waals surface area contributed by atoms with Crippen LogP contribution in [-0.4, -0.2) is 57.8 Å². The molecule has 0 saturated heterocycles. The van der Waals surface area contributed by atoms with Crippen molar-refractivity contribution >= 4 is 39.3 Å². The summed E-state index contributed by atoms with van der Waals surface area (Å²) in [6.07, 6.45) is 0.953. The lowest BCUT2D eigenvalue weighted by molar-refractivity contribution is 0.0241. The van der Waals surface area contributed by atoms with Gasteiger partial charge in [0.1, 0.15) is 29.0 Å². The molecule has 2 aromatic carbocycles. The van der Waals surface area contributed by atoms with Crippen LogP contribution in [0.2, 0.25) is 0 Å². The lowest BCUT2D eigenvalue weighted by atomic mass is 10.2. The molecule has 214 valence electrons. The SMILES string of the molecule is COCC(C)Oc1cc(Oc2ccc(S(C)=O)cc2)cc(C(=O)Nc2nc3c(s2)CN(C(=O)OC(C)(C)C)C3)c1. The Hall–Kier alpha value is -3.48. The van der Waals surface area contributed by atoms with Crippen molar-refractivity contribution in [2.45, 2.75) is 57.4 Å². The molecule has 12 heteroatoms. The van der Waals surface area contributed by atoms with Crippen LogP contribution in [0, 0.1) is 0 Å². The largest absolute Gasteiger partial charge is 0.488 e. The minimum absolute atomic E-state index is 0.259. The van der Waals surface area contributed by atoms with Gasteiger partial charge in [-0.15, -0.1) is 0 Å². The molecule has 0 bridgehead atoms. The highest BCUT2D eigenvalue weighted by atomic mass is 32.2. The van der Waals surface area contributed by atoms with Crippen LogP contribution in [0.1, 0.15) is 48.6 Å². The highest BCUT2D eigenvalue weighted by molar-refractivity contribution is 7.84. The summed E-state index contributed by atoms with van der Waals surface area (Å²) < 4.78 is 34.3. The summed E-state index contributed by atoms with van der Waals surface area (Å²) in [4.78, 5) is 33.3. The molecule has 1 aromatic heterocycles. The number of hydrogen-bond acceptors (Lipinski definition) is 9. The second kappa shape index (κ2) is 12.4. The second-order valence-electron chi connectivity index (χ2n) is 10.3. The molecule has 1 aliphatic heterocycles. The van der Waals surface area contributed by atoms with Gasteiger partial charge in [-0.3, -0.25) is 19.2 Å². The Morgan fingerprint density at radius 3 is 2.42 bits per heavy atom. The zero-order chi connectivity index (χ0) is 29.0. The van der Waals surface area contributed by atoms with E-state index in [2.05, 4.69) is 10.3 Å². The molecule has 2 unspecified atom stereocenters. The molecule has 0 aliphatic carbocycles. The summed E-state index contributed by atoms with van der Waals surface area (Å²) in [6, 6.07) is 11.8. The van der Waals surface area contributed by atoms with Crippen molar-refractivity contribution in [3.05, 3.63) is 58.6 Å². The molecule has 0 spiro atoms. The average molecular weight is 588 g/mol. The highest BCUT2D eigenvalue weighted by Gasteiger charge is 2.31. The van der Waals surface area contributed by atoms with Crippen molar-refractivity contribution in [2.24, 2.45) is 0 Å². The fraction of sp³-hybridized carbons (Fsp3) is 0.393. The Labute approximate surface area is 240 Å². The van der Waals surface area contributed by atoms with E-state index in [4.69, 9.17) is 18.9 Å². The van der Waals surface area contributed by atoms with Crippen LogP contribution in [0.4, 0.5) is 9.93 Å². The molecule has 0 saturated carbocycles. The number of ether oxygens (including phenoxy) is 4. The Balaban J connectivity index is 1.49. The van der Waals surface area contributed by atoms with E-state index < -0.39 is 22.5 Å². The van der Waals surface area contributed by atoms with Gasteiger partial charge in [-0.25, -0.2) is 9.78 Å². The Morgan fingerprint density at radius 1 is 1.10 bits per heavy atom. The number of nitrogens with one attached hydrogen (secondary N) is 1. The number of anilines is 1. The average Bonchev–Trinajstić information content (AvgIpc) is 3.42. The molecule has 2 atom stereocenters. The predicted octanol–water partition coefficient (Wildman–Crippen LogP) is 5.59. The first-order chi connectivity index (χ1) is 18.9. The molecule has 2 amide bonds. The van der Waals surface area contributed by atoms with Crippen molar-refractivity contribution in [1.82, 2.24) is 9.88 Å². The van der Waals surface area contributed by atoms with Gasteiger partial charge in [-0.05, 0) is 64.1 Å². The van der Waals surface area contributed by atoms with Gasteiger partial charge in [0.15, 0.2) is 5.13 Å². The monoisotopic (exact) mass is 587 g/mol. The van der Waals surface area contributed by atoms with E-state index in [-0.39, 0.29) is 12.0 Å². The first-order valence-electron chi connectivity index (χ1n) is 12.6. The van der Waals surface area contributed by atoms with Crippen LogP contribution in [0.25, 0.3) is 0 Å². The maximum Gasteiger partial charge on any atom is 0.410 e. The van der Waals surface area contributed by atoms with E-state index in [1.54, 1.807) is 60.7 Å². The van der Waals surface area contributed by atoms with Gasteiger partial charge in [0.2, 0.25) is 0 Å². The van der Waals surface area contributed by atoms with Gasteiger partial charge in [0, 0.05) is 40.7 Å². The topological polar surface area (TPSA) is 116 Å². The van der Waals surface area contributed by atoms with E-state index in [0.29, 0.717) is 52.5 Å². The minimum Gasteiger partial charge on any atom is -0.488 e. The number of carbonyl (C=O) groups is 2. The van der Waals surface area contributed by atoms with Crippen LogP contribution in [0.15, 0.2) is 47.4 Å². The minimum atomic E-state index is -1.10. The number of methoxy groups -OCH3 is 1. The Morgan fingerprint density at radius 2 is 1.80 bits per heavy atom. The number of hydrogen-bond donors (Lipinski definition) is 1. The van der Waals surface area contributed by atoms with Crippen molar-refractivity contribution < 1.29 is 32.7 Å². The van der Waals surface area contributed by atoms with Crippen LogP contribution in [0.3, 0.4) is 0 Å². The summed E-state index contributed by atoms with van der Waals surface area (Å²) in [5, 5.41) is 3.28. The zero-order valence-electron chi connectivity index (χ0n) is 23.3. The fourth-order valence-electron chi connectivity index (χ4n) is 3.89. The fourth-order valence-corrected chi connectivity index (χ4v) is 5.39. The van der Waals surface area contributed by atoms with Crippen LogP contribution < -0.4 is 14.8 Å². The molecule has 3 aromatic rings. The lowest BCUT2D eigenvalue weighted by Gasteiger charge is -2.24. The van der Waals surface area contributed by atoms with E-state index in [9.17, 15) is 13.8 Å². The van der Waals surface area contributed by atoms with Gasteiger partial charge < -0.3 is 18.9 Å². The normalized spacial score (nSPS) is 14.3. The summed E-state index contributed by atoms with van der Waals surface area (Å²) in [5.74, 6) is 0.969. The van der Waals surface area contributed by atoms with Gasteiger partial charge >= 0.3 is 6.09 Å². The van der Waals surface area contributed by atoms with Crippen molar-refractivity contribution in [3.8, 4) is 17.2 Å². The molecule has 40 heavy (non-hydrogen) atoms. The summed E-state index contributed by atoms with van der Waals surface area (Å²) in [7, 11) is 0.485. The summed E-state index contributed by atoms with van der Waals surface area (Å²) >= 11 is 1.32. The smallest absolute Gasteiger partial charge is 0.410 e. The van der Waals surface area contributed by atoms with Crippen LogP contribution >= 0.6 is 11.3 Å². The first-order valence-corrected chi connectivity index (χ1v) is 15.0. The lowest BCUT2D eigenvalue weighted by Crippen LogP contribution is -2.33. The number of carbonyl (C=O) groups excluding carboxylic acids is 2. The number of aromatic nitrogens is 1. The third kappa shape index (κ3) is 7.80. The summed E-state index contributed by atoms with van der Waals surface area (Å²) in [5.41, 5.74) is 0.465. The maximum atomic E-state index is 13.3. The quantitative estimate of drug-likeness (QED) is 0.345. The van der Waals surface area contributed by atoms with E-state index >= 15 is 0 Å². The van der Waals surface area contributed by atoms with Crippen LogP contribution in [-0.2, 0) is 33.4 Å². The third-order valence-electron chi connectivity index (χ3n) is 5.60. The van der Waals surface area contributed by atoms with Crippen LogP contribution in [0.5, 0.6) is 17.2 Å². The molecular formula is C28H33N3O7S2. The van der Waals surface area contributed by atoms with Gasteiger partial charge in [-0.1, -0.05) is 11.3 Å². The number of benzene rings is 2. The Kier molecular flexibility index (Phi) is 9.12. The molecule has 1 aliphatic rings. The van der Waals surface area contributed by atoms with E-state index in [0.717, 1.165) is 10.6 Å². The number of amides is 2. The van der Waals surface area contributed by atoms with E-state index in [1.165, 1.54) is 11.3 Å². The molecule has 1 N–H and O–H groups in total. The zero-order valence-corrected chi connectivity index (χ0v) is 24.9. The van der Waals surface area contributed by atoms with Crippen molar-refractivity contribution in [2.75, 3.05) is 25.3 Å². The highest BCUT2D eigenvalue weighted by Crippen LogP contribution is 2.33. The maximum absolute atomic E-state index is 13.3. The third-order valence-corrected chi connectivity index (χ3v) is 7.53. The molecule has 10 nitrogen and oxygen atoms in total. The van der Waals surface area contributed by atoms with Crippen molar-refractivity contribution in [3.63, 3.8) is 0 Å². The molecule has 0 fully saturated rings. The Bertz CT molecular complexity index is 1380. The standard InChI is InChI=1S/C28H33N3O7S2/c1-17(16-35-5)36-20-11-18(12-21(13-20)37-19-7-9-22(10-8-19)40(6)34)25(32)30-26-29-23-14-31(15-24(23)39-26)27(33)38-28(2,3)4/h7-13,17H,14-16H2,1-6H3,(H,29,30,32). The van der Waals surface area contributed by atoms with Crippen molar-refractivity contribution in [1.29, 1.82) is 0 Å². The molecule has 4 rings (SSSR count).